The maximum atomic E-state index is 12.6. The number of rotatable bonds is 6. The van der Waals surface area contributed by atoms with E-state index in [0.717, 1.165) is 39.0 Å². The van der Waals surface area contributed by atoms with E-state index < -0.39 is 17.1 Å². The number of benzene rings is 2. The summed E-state index contributed by atoms with van der Waals surface area (Å²) in [4.78, 5) is 40.4. The Labute approximate surface area is 186 Å². The van der Waals surface area contributed by atoms with Gasteiger partial charge < -0.3 is 10.2 Å². The molecule has 1 aliphatic heterocycles. The molecule has 2 aromatic rings. The maximum Gasteiger partial charge on any atom is 0.294 e. The van der Waals surface area contributed by atoms with Crippen LogP contribution in [0.4, 0.5) is 16.2 Å². The average molecular weight is 436 g/mol. The van der Waals surface area contributed by atoms with E-state index in [4.69, 9.17) is 0 Å². The van der Waals surface area contributed by atoms with E-state index in [1.54, 1.807) is 18.2 Å². The standard InChI is InChI=1S/C24H25N3O3S/c1-16-8-11-19(14-17(16)2)25-22(28)15-27-23(29)21(31-24(27)30)7-5-6-18-9-12-20(13-10-18)26(3)4/h5-14H,15H2,1-4H3,(H,25,28)/b6-5+,21-7-. The van der Waals surface area contributed by atoms with E-state index in [1.807, 2.05) is 75.3 Å². The Hall–Kier alpha value is -3.32. The van der Waals surface area contributed by atoms with Crippen molar-refractivity contribution in [1.82, 2.24) is 4.90 Å². The molecular formula is C24H25N3O3S. The van der Waals surface area contributed by atoms with Crippen molar-refractivity contribution in [2.75, 3.05) is 30.9 Å². The van der Waals surface area contributed by atoms with E-state index in [0.29, 0.717) is 10.6 Å². The molecule has 1 fully saturated rings. The van der Waals surface area contributed by atoms with Gasteiger partial charge in [0.15, 0.2) is 0 Å². The second-order valence-electron chi connectivity index (χ2n) is 7.48. The van der Waals surface area contributed by atoms with E-state index in [9.17, 15) is 14.4 Å². The Bertz CT molecular complexity index is 1070. The molecule has 0 aromatic heterocycles. The fraction of sp³-hybridized carbons (Fsp3) is 0.208. The number of carbonyl (C=O) groups is 3. The summed E-state index contributed by atoms with van der Waals surface area (Å²) >= 11 is 0.837. The normalized spacial score (nSPS) is 15.2. The van der Waals surface area contributed by atoms with Gasteiger partial charge in [0.25, 0.3) is 11.1 Å². The first kappa shape index (κ1) is 22.4. The minimum absolute atomic E-state index is 0.296. The average Bonchev–Trinajstić information content (AvgIpc) is 2.98. The zero-order chi connectivity index (χ0) is 22.5. The molecule has 0 spiro atoms. The summed E-state index contributed by atoms with van der Waals surface area (Å²) in [6.07, 6.45) is 5.20. The van der Waals surface area contributed by atoms with Crippen LogP contribution in [0.2, 0.25) is 0 Å². The van der Waals surface area contributed by atoms with Crippen LogP contribution >= 0.6 is 11.8 Å². The van der Waals surface area contributed by atoms with Crippen LogP contribution < -0.4 is 10.2 Å². The number of amides is 3. The lowest BCUT2D eigenvalue weighted by Gasteiger charge is -2.13. The van der Waals surface area contributed by atoms with Crippen LogP contribution in [0, 0.1) is 13.8 Å². The molecule has 160 valence electrons. The highest BCUT2D eigenvalue weighted by Crippen LogP contribution is 2.30. The van der Waals surface area contributed by atoms with Gasteiger partial charge in [-0.15, -0.1) is 0 Å². The van der Waals surface area contributed by atoms with Crippen LogP contribution in [0.15, 0.2) is 59.5 Å². The van der Waals surface area contributed by atoms with E-state index >= 15 is 0 Å². The number of nitrogens with one attached hydrogen (secondary N) is 1. The largest absolute Gasteiger partial charge is 0.378 e. The number of imide groups is 1. The summed E-state index contributed by atoms with van der Waals surface area (Å²) in [5.41, 5.74) is 4.89. The molecule has 1 aliphatic rings. The van der Waals surface area contributed by atoms with Crippen molar-refractivity contribution in [1.29, 1.82) is 0 Å². The second kappa shape index (κ2) is 9.66. The summed E-state index contributed by atoms with van der Waals surface area (Å²) < 4.78 is 0. The maximum absolute atomic E-state index is 12.6. The highest BCUT2D eigenvalue weighted by molar-refractivity contribution is 8.18. The lowest BCUT2D eigenvalue weighted by Crippen LogP contribution is -2.36. The van der Waals surface area contributed by atoms with Gasteiger partial charge in [0.1, 0.15) is 6.54 Å². The van der Waals surface area contributed by atoms with Gasteiger partial charge in [-0.25, -0.2) is 0 Å². The molecule has 7 heteroatoms. The molecule has 31 heavy (non-hydrogen) atoms. The third-order valence-electron chi connectivity index (χ3n) is 4.91. The molecule has 6 nitrogen and oxygen atoms in total. The van der Waals surface area contributed by atoms with E-state index in [-0.39, 0.29) is 6.54 Å². The molecule has 1 N–H and O–H groups in total. The Morgan fingerprint density at radius 2 is 1.77 bits per heavy atom. The molecule has 2 aromatic carbocycles. The molecule has 0 aliphatic carbocycles. The molecule has 0 atom stereocenters. The third-order valence-corrected chi connectivity index (χ3v) is 5.84. The van der Waals surface area contributed by atoms with Crippen LogP contribution in [0.1, 0.15) is 16.7 Å². The zero-order valence-corrected chi connectivity index (χ0v) is 18.8. The van der Waals surface area contributed by atoms with Crippen LogP contribution in [0.3, 0.4) is 0 Å². The van der Waals surface area contributed by atoms with Crippen molar-refractivity contribution >= 4 is 46.3 Å². The van der Waals surface area contributed by atoms with Gasteiger partial charge in [-0.2, -0.15) is 0 Å². The molecule has 0 saturated carbocycles. The molecule has 0 bridgehead atoms. The fourth-order valence-corrected chi connectivity index (χ4v) is 3.73. The minimum atomic E-state index is -0.460. The summed E-state index contributed by atoms with van der Waals surface area (Å²) in [5, 5.41) is 2.29. The molecule has 0 radical (unpaired) electrons. The number of carbonyl (C=O) groups excluding carboxylic acids is 3. The predicted molar refractivity (Wildman–Crippen MR) is 127 cm³/mol. The van der Waals surface area contributed by atoms with Gasteiger partial charge in [0.2, 0.25) is 5.91 Å². The Balaban J connectivity index is 1.61. The number of hydrogen-bond acceptors (Lipinski definition) is 5. The number of allylic oxidation sites excluding steroid dienone is 2. The zero-order valence-electron chi connectivity index (χ0n) is 18.0. The lowest BCUT2D eigenvalue weighted by atomic mass is 10.1. The first-order valence-corrected chi connectivity index (χ1v) is 10.6. The van der Waals surface area contributed by atoms with E-state index in [2.05, 4.69) is 5.32 Å². The number of hydrogen-bond donors (Lipinski definition) is 1. The Morgan fingerprint density at radius 3 is 2.42 bits per heavy atom. The number of aryl methyl sites for hydroxylation is 2. The molecule has 1 saturated heterocycles. The topological polar surface area (TPSA) is 69.7 Å². The summed E-state index contributed by atoms with van der Waals surface area (Å²) in [6.45, 7) is 3.63. The number of nitrogens with zero attached hydrogens (tertiary/aromatic N) is 2. The molecular weight excluding hydrogens is 410 g/mol. The van der Waals surface area contributed by atoms with Crippen LogP contribution in [0.25, 0.3) is 6.08 Å². The highest BCUT2D eigenvalue weighted by Gasteiger charge is 2.35. The minimum Gasteiger partial charge on any atom is -0.378 e. The Kier molecular flexibility index (Phi) is 6.97. The van der Waals surface area contributed by atoms with Crippen molar-refractivity contribution in [2.24, 2.45) is 0 Å². The third kappa shape index (κ3) is 5.64. The van der Waals surface area contributed by atoms with Crippen molar-refractivity contribution < 1.29 is 14.4 Å². The smallest absolute Gasteiger partial charge is 0.294 e. The van der Waals surface area contributed by atoms with Crippen LogP contribution in [0.5, 0.6) is 0 Å². The van der Waals surface area contributed by atoms with Gasteiger partial charge in [0, 0.05) is 25.5 Å². The van der Waals surface area contributed by atoms with Crippen LogP contribution in [-0.2, 0) is 9.59 Å². The van der Waals surface area contributed by atoms with Crippen LogP contribution in [-0.4, -0.2) is 42.6 Å². The number of anilines is 2. The predicted octanol–water partition coefficient (Wildman–Crippen LogP) is 4.60. The molecule has 1 heterocycles. The van der Waals surface area contributed by atoms with Gasteiger partial charge in [-0.3, -0.25) is 19.3 Å². The first-order chi connectivity index (χ1) is 14.7. The monoisotopic (exact) mass is 435 g/mol. The van der Waals surface area contributed by atoms with Gasteiger partial charge >= 0.3 is 0 Å². The summed E-state index contributed by atoms with van der Waals surface area (Å²) in [5.74, 6) is -0.874. The van der Waals surface area contributed by atoms with Crippen molar-refractivity contribution in [3.8, 4) is 0 Å². The second-order valence-corrected chi connectivity index (χ2v) is 8.48. The van der Waals surface area contributed by atoms with Gasteiger partial charge in [-0.05, 0) is 72.6 Å². The highest BCUT2D eigenvalue weighted by atomic mass is 32.2. The molecule has 3 rings (SSSR count). The van der Waals surface area contributed by atoms with Gasteiger partial charge in [-0.1, -0.05) is 30.4 Å². The van der Waals surface area contributed by atoms with Crippen molar-refractivity contribution in [2.45, 2.75) is 13.8 Å². The lowest BCUT2D eigenvalue weighted by molar-refractivity contribution is -0.127. The first-order valence-electron chi connectivity index (χ1n) is 9.81. The van der Waals surface area contributed by atoms with E-state index in [1.165, 1.54) is 0 Å². The van der Waals surface area contributed by atoms with Gasteiger partial charge in [0.05, 0.1) is 4.91 Å². The summed E-state index contributed by atoms with van der Waals surface area (Å²) in [7, 11) is 3.95. The molecule has 0 unspecified atom stereocenters. The SMILES string of the molecule is Cc1ccc(NC(=O)CN2C(=O)S/C(=C\C=C\c3ccc(N(C)C)cc3)C2=O)cc1C. The quantitative estimate of drug-likeness (QED) is 0.672. The fourth-order valence-electron chi connectivity index (χ4n) is 2.94. The number of thioether (sulfide) groups is 1. The summed E-state index contributed by atoms with van der Waals surface area (Å²) in [6, 6.07) is 13.5. The Morgan fingerprint density at radius 1 is 1.06 bits per heavy atom. The molecule has 3 amide bonds. The van der Waals surface area contributed by atoms with Crippen molar-refractivity contribution in [3.63, 3.8) is 0 Å². The van der Waals surface area contributed by atoms with Crippen molar-refractivity contribution in [3.05, 3.63) is 76.2 Å².